The summed E-state index contributed by atoms with van der Waals surface area (Å²) in [5, 5.41) is 5.56. The molecule has 162 valence electrons. The van der Waals surface area contributed by atoms with Gasteiger partial charge in [0, 0.05) is 6.04 Å². The predicted octanol–water partition coefficient (Wildman–Crippen LogP) is 3.18. The molecule has 2 aromatic rings. The molecule has 0 bridgehead atoms. The molecule has 0 aromatic heterocycles. The van der Waals surface area contributed by atoms with Gasteiger partial charge in [0.05, 0.1) is 23.2 Å². The molecule has 2 amide bonds. The fourth-order valence-electron chi connectivity index (χ4n) is 2.95. The fraction of sp³-hybridized carbons (Fsp3) is 0.364. The van der Waals surface area contributed by atoms with Gasteiger partial charge in [-0.15, -0.1) is 0 Å². The third-order valence-electron chi connectivity index (χ3n) is 4.76. The molecule has 0 aliphatic carbocycles. The van der Waals surface area contributed by atoms with E-state index in [0.717, 1.165) is 22.5 Å². The van der Waals surface area contributed by atoms with Crippen molar-refractivity contribution in [2.24, 2.45) is 0 Å². The standard InChI is InChI=1S/C22H29N3O4S/c1-5-16(3)23-22(27)18-12-8-9-13-19(18)24-21(26)15-25(30(4,28)29)20-14-10-7-11-17(20)6-2/h7-14,16H,5-6,15H2,1-4H3,(H,23,27)(H,24,26)/t16-/m0/s1. The summed E-state index contributed by atoms with van der Waals surface area (Å²) in [7, 11) is -3.69. The predicted molar refractivity (Wildman–Crippen MR) is 120 cm³/mol. The molecule has 0 aliphatic heterocycles. The molecular weight excluding hydrogens is 402 g/mol. The fourth-order valence-corrected chi connectivity index (χ4v) is 3.84. The van der Waals surface area contributed by atoms with Gasteiger partial charge >= 0.3 is 0 Å². The Labute approximate surface area is 178 Å². The van der Waals surface area contributed by atoms with Gasteiger partial charge in [-0.25, -0.2) is 8.42 Å². The molecule has 7 nitrogen and oxygen atoms in total. The van der Waals surface area contributed by atoms with Crippen LogP contribution in [0.5, 0.6) is 0 Å². The van der Waals surface area contributed by atoms with Crippen LogP contribution in [0.4, 0.5) is 11.4 Å². The number of anilines is 2. The molecule has 0 heterocycles. The van der Waals surface area contributed by atoms with E-state index in [1.165, 1.54) is 0 Å². The Balaban J connectivity index is 2.26. The first-order valence-electron chi connectivity index (χ1n) is 9.92. The van der Waals surface area contributed by atoms with Crippen LogP contribution in [0.3, 0.4) is 0 Å². The summed E-state index contributed by atoms with van der Waals surface area (Å²) in [5.41, 5.74) is 1.95. The summed E-state index contributed by atoms with van der Waals surface area (Å²) in [5.74, 6) is -0.827. The van der Waals surface area contributed by atoms with Gasteiger partial charge in [0.25, 0.3) is 5.91 Å². The van der Waals surface area contributed by atoms with Crippen molar-refractivity contribution in [3.63, 3.8) is 0 Å². The number of aryl methyl sites for hydroxylation is 1. The molecule has 2 aromatic carbocycles. The lowest BCUT2D eigenvalue weighted by molar-refractivity contribution is -0.114. The quantitative estimate of drug-likeness (QED) is 0.637. The van der Waals surface area contributed by atoms with Crippen molar-refractivity contribution in [3.05, 3.63) is 59.7 Å². The average Bonchev–Trinajstić information content (AvgIpc) is 2.71. The summed E-state index contributed by atoms with van der Waals surface area (Å²) < 4.78 is 25.9. The lowest BCUT2D eigenvalue weighted by Crippen LogP contribution is -2.38. The minimum Gasteiger partial charge on any atom is -0.350 e. The third kappa shape index (κ3) is 6.06. The molecular formula is C22H29N3O4S. The normalized spacial score (nSPS) is 12.1. The van der Waals surface area contributed by atoms with Crippen molar-refractivity contribution in [3.8, 4) is 0 Å². The Morgan fingerprint density at radius 3 is 2.30 bits per heavy atom. The third-order valence-corrected chi connectivity index (χ3v) is 5.89. The monoisotopic (exact) mass is 431 g/mol. The Kier molecular flexibility index (Phi) is 8.00. The minimum absolute atomic E-state index is 0.00692. The first kappa shape index (κ1) is 23.4. The van der Waals surface area contributed by atoms with Gasteiger partial charge in [-0.3, -0.25) is 13.9 Å². The van der Waals surface area contributed by atoms with E-state index in [1.807, 2.05) is 32.9 Å². The van der Waals surface area contributed by atoms with Crippen molar-refractivity contribution in [1.29, 1.82) is 0 Å². The number of benzene rings is 2. The average molecular weight is 432 g/mol. The molecule has 0 radical (unpaired) electrons. The lowest BCUT2D eigenvalue weighted by atomic mass is 10.1. The number of hydrogen-bond donors (Lipinski definition) is 2. The van der Waals surface area contributed by atoms with Crippen molar-refractivity contribution in [2.75, 3.05) is 22.4 Å². The number of para-hydroxylation sites is 2. The van der Waals surface area contributed by atoms with Crippen molar-refractivity contribution in [2.45, 2.75) is 39.7 Å². The Hall–Kier alpha value is -2.87. The number of rotatable bonds is 9. The topological polar surface area (TPSA) is 95.6 Å². The Morgan fingerprint density at radius 1 is 1.03 bits per heavy atom. The maximum absolute atomic E-state index is 12.7. The maximum atomic E-state index is 12.7. The van der Waals surface area contributed by atoms with Crippen LogP contribution in [-0.2, 0) is 21.2 Å². The molecule has 0 aliphatic rings. The van der Waals surface area contributed by atoms with Crippen LogP contribution in [0, 0.1) is 0 Å². The Morgan fingerprint density at radius 2 is 1.67 bits per heavy atom. The first-order chi connectivity index (χ1) is 14.2. The SMILES string of the molecule is CCc1ccccc1N(CC(=O)Nc1ccccc1C(=O)N[C@@H](C)CC)S(C)(=O)=O. The highest BCUT2D eigenvalue weighted by Gasteiger charge is 2.23. The summed E-state index contributed by atoms with van der Waals surface area (Å²) in [6.07, 6.45) is 2.48. The molecule has 0 fully saturated rings. The molecule has 30 heavy (non-hydrogen) atoms. The van der Waals surface area contributed by atoms with Crippen LogP contribution in [0.1, 0.15) is 43.1 Å². The molecule has 0 saturated heterocycles. The summed E-state index contributed by atoms with van der Waals surface area (Å²) in [6, 6.07) is 13.7. The number of sulfonamides is 1. The van der Waals surface area contributed by atoms with Crippen molar-refractivity contribution >= 4 is 33.2 Å². The molecule has 8 heteroatoms. The van der Waals surface area contributed by atoms with E-state index in [-0.39, 0.29) is 11.9 Å². The lowest BCUT2D eigenvalue weighted by Gasteiger charge is -2.24. The van der Waals surface area contributed by atoms with E-state index in [9.17, 15) is 18.0 Å². The van der Waals surface area contributed by atoms with E-state index in [0.29, 0.717) is 23.4 Å². The largest absolute Gasteiger partial charge is 0.350 e. The van der Waals surface area contributed by atoms with Crippen LogP contribution >= 0.6 is 0 Å². The van der Waals surface area contributed by atoms with E-state index in [2.05, 4.69) is 10.6 Å². The van der Waals surface area contributed by atoms with Gasteiger partial charge in [0.2, 0.25) is 15.9 Å². The van der Waals surface area contributed by atoms with Gasteiger partial charge in [-0.2, -0.15) is 0 Å². The van der Waals surface area contributed by atoms with Gasteiger partial charge in [-0.05, 0) is 43.5 Å². The summed E-state index contributed by atoms with van der Waals surface area (Å²) >= 11 is 0. The van der Waals surface area contributed by atoms with Crippen LogP contribution in [0.2, 0.25) is 0 Å². The van der Waals surface area contributed by atoms with Crippen molar-refractivity contribution < 1.29 is 18.0 Å². The zero-order valence-corrected chi connectivity index (χ0v) is 18.6. The summed E-state index contributed by atoms with van der Waals surface area (Å²) in [4.78, 5) is 25.3. The number of carbonyl (C=O) groups is 2. The van der Waals surface area contributed by atoms with Crippen LogP contribution < -0.4 is 14.9 Å². The smallest absolute Gasteiger partial charge is 0.253 e. The number of carbonyl (C=O) groups excluding carboxylic acids is 2. The van der Waals surface area contributed by atoms with Gasteiger partial charge in [0.15, 0.2) is 0 Å². The molecule has 0 spiro atoms. The van der Waals surface area contributed by atoms with Gasteiger partial charge < -0.3 is 10.6 Å². The first-order valence-corrected chi connectivity index (χ1v) is 11.8. The molecule has 2 rings (SSSR count). The second-order valence-corrected chi connectivity index (χ2v) is 9.04. The highest BCUT2D eigenvalue weighted by molar-refractivity contribution is 7.92. The molecule has 0 unspecified atom stereocenters. The number of amides is 2. The zero-order valence-electron chi connectivity index (χ0n) is 17.8. The number of nitrogens with one attached hydrogen (secondary N) is 2. The maximum Gasteiger partial charge on any atom is 0.253 e. The Bertz CT molecular complexity index is 1000. The van der Waals surface area contributed by atoms with E-state index >= 15 is 0 Å². The summed E-state index contributed by atoms with van der Waals surface area (Å²) in [6.45, 7) is 5.39. The van der Waals surface area contributed by atoms with Crippen LogP contribution in [0.25, 0.3) is 0 Å². The highest BCUT2D eigenvalue weighted by Crippen LogP contribution is 2.24. The van der Waals surface area contributed by atoms with Crippen molar-refractivity contribution in [1.82, 2.24) is 5.32 Å². The highest BCUT2D eigenvalue weighted by atomic mass is 32.2. The number of hydrogen-bond acceptors (Lipinski definition) is 4. The van der Waals surface area contributed by atoms with E-state index < -0.39 is 22.5 Å². The van der Waals surface area contributed by atoms with Gasteiger partial charge in [0.1, 0.15) is 6.54 Å². The van der Waals surface area contributed by atoms with Gasteiger partial charge in [-0.1, -0.05) is 44.2 Å². The number of nitrogens with zero attached hydrogens (tertiary/aromatic N) is 1. The zero-order chi connectivity index (χ0) is 22.3. The van der Waals surface area contributed by atoms with E-state index in [1.54, 1.807) is 36.4 Å². The second kappa shape index (κ2) is 10.2. The van der Waals surface area contributed by atoms with Crippen LogP contribution in [-0.4, -0.2) is 39.1 Å². The van der Waals surface area contributed by atoms with Crippen LogP contribution in [0.15, 0.2) is 48.5 Å². The second-order valence-electron chi connectivity index (χ2n) is 7.13. The molecule has 2 N–H and O–H groups in total. The molecule has 1 atom stereocenters. The minimum atomic E-state index is -3.69. The van der Waals surface area contributed by atoms with E-state index in [4.69, 9.17) is 0 Å². The molecule has 0 saturated carbocycles.